The summed E-state index contributed by atoms with van der Waals surface area (Å²) < 4.78 is 4.97. The Morgan fingerprint density at radius 1 is 1.32 bits per heavy atom. The van der Waals surface area contributed by atoms with E-state index in [-0.39, 0.29) is 18.1 Å². The van der Waals surface area contributed by atoms with Gasteiger partial charge in [0.2, 0.25) is 5.76 Å². The van der Waals surface area contributed by atoms with Crippen molar-refractivity contribution in [3.8, 4) is 0 Å². The molecule has 0 atom stereocenters. The molecule has 1 aromatic heterocycles. The number of hydrogen-bond donors (Lipinski definition) is 2. The van der Waals surface area contributed by atoms with Crippen molar-refractivity contribution in [1.82, 2.24) is 4.98 Å². The van der Waals surface area contributed by atoms with Crippen LogP contribution in [-0.2, 0) is 11.2 Å². The van der Waals surface area contributed by atoms with Gasteiger partial charge in [-0.15, -0.1) is 0 Å². The number of carboxylic acids is 1. The normalized spacial score (nSPS) is 10.2. The van der Waals surface area contributed by atoms with Crippen molar-refractivity contribution in [3.05, 3.63) is 47.7 Å². The summed E-state index contributed by atoms with van der Waals surface area (Å²) in [6, 6.07) is 6.58. The molecule has 98 valence electrons. The molecule has 0 radical (unpaired) electrons. The molecular formula is C13H12N2O4. The van der Waals surface area contributed by atoms with E-state index in [2.05, 4.69) is 10.3 Å². The van der Waals surface area contributed by atoms with Gasteiger partial charge in [-0.3, -0.25) is 9.59 Å². The van der Waals surface area contributed by atoms with Crippen LogP contribution in [0.25, 0.3) is 0 Å². The highest BCUT2D eigenvalue weighted by Crippen LogP contribution is 2.13. The first-order valence-electron chi connectivity index (χ1n) is 5.58. The van der Waals surface area contributed by atoms with Crippen LogP contribution in [0.15, 0.2) is 35.1 Å². The Labute approximate surface area is 109 Å². The van der Waals surface area contributed by atoms with Crippen LogP contribution in [0, 0.1) is 6.92 Å². The van der Waals surface area contributed by atoms with E-state index in [1.54, 1.807) is 31.2 Å². The molecule has 2 N–H and O–H groups in total. The molecule has 0 aliphatic carbocycles. The molecule has 0 unspecified atom stereocenters. The number of aryl methyl sites for hydroxylation is 1. The zero-order chi connectivity index (χ0) is 13.8. The van der Waals surface area contributed by atoms with Crippen molar-refractivity contribution in [2.45, 2.75) is 13.3 Å². The molecule has 6 heteroatoms. The number of hydrogen-bond acceptors (Lipinski definition) is 4. The van der Waals surface area contributed by atoms with Crippen molar-refractivity contribution < 1.29 is 19.1 Å². The minimum Gasteiger partial charge on any atom is -0.481 e. The Kier molecular flexibility index (Phi) is 3.61. The summed E-state index contributed by atoms with van der Waals surface area (Å²) in [6.07, 6.45) is 1.16. The Morgan fingerprint density at radius 3 is 2.53 bits per heavy atom. The Balaban J connectivity index is 2.06. The van der Waals surface area contributed by atoms with Gasteiger partial charge in [-0.25, -0.2) is 4.98 Å². The van der Waals surface area contributed by atoms with Gasteiger partial charge in [0.25, 0.3) is 5.91 Å². The summed E-state index contributed by atoms with van der Waals surface area (Å²) in [5, 5.41) is 11.3. The van der Waals surface area contributed by atoms with Crippen LogP contribution in [0.4, 0.5) is 5.69 Å². The minimum absolute atomic E-state index is 0.0462. The second kappa shape index (κ2) is 5.34. The SMILES string of the molecule is Cc1ncoc1C(=O)Nc1ccc(CC(=O)O)cc1. The van der Waals surface area contributed by atoms with E-state index in [9.17, 15) is 9.59 Å². The van der Waals surface area contributed by atoms with Crippen LogP contribution in [0.1, 0.15) is 21.8 Å². The molecule has 2 rings (SSSR count). The quantitative estimate of drug-likeness (QED) is 0.875. The first-order chi connectivity index (χ1) is 9.06. The van der Waals surface area contributed by atoms with Crippen molar-refractivity contribution in [3.63, 3.8) is 0 Å². The molecule has 0 fully saturated rings. The molecule has 0 spiro atoms. The molecule has 1 aromatic carbocycles. The lowest BCUT2D eigenvalue weighted by molar-refractivity contribution is -0.136. The molecule has 0 saturated carbocycles. The predicted octanol–water partition coefficient (Wildman–Crippen LogP) is 1.86. The number of nitrogens with zero attached hydrogens (tertiary/aromatic N) is 1. The number of carboxylic acid groups (broad SMARTS) is 1. The predicted molar refractivity (Wildman–Crippen MR) is 67.0 cm³/mol. The topological polar surface area (TPSA) is 92.4 Å². The lowest BCUT2D eigenvalue weighted by Crippen LogP contribution is -2.12. The highest BCUT2D eigenvalue weighted by molar-refractivity contribution is 6.02. The molecule has 19 heavy (non-hydrogen) atoms. The lowest BCUT2D eigenvalue weighted by Gasteiger charge is -2.04. The van der Waals surface area contributed by atoms with Gasteiger partial charge < -0.3 is 14.8 Å². The molecule has 0 saturated heterocycles. The van der Waals surface area contributed by atoms with Gasteiger partial charge >= 0.3 is 5.97 Å². The molecule has 0 aliphatic rings. The van der Waals surface area contributed by atoms with Gasteiger partial charge in [-0.2, -0.15) is 0 Å². The van der Waals surface area contributed by atoms with Crippen molar-refractivity contribution in [1.29, 1.82) is 0 Å². The standard InChI is InChI=1S/C13H12N2O4/c1-8-12(19-7-14-8)13(18)15-10-4-2-9(3-5-10)6-11(16)17/h2-5,7H,6H2,1H3,(H,15,18)(H,16,17). The van der Waals surface area contributed by atoms with Gasteiger partial charge in [0.1, 0.15) is 0 Å². The summed E-state index contributed by atoms with van der Waals surface area (Å²) >= 11 is 0. The minimum atomic E-state index is -0.894. The van der Waals surface area contributed by atoms with E-state index in [1.807, 2.05) is 0 Å². The smallest absolute Gasteiger partial charge is 0.307 e. The average Bonchev–Trinajstić information content (AvgIpc) is 2.77. The van der Waals surface area contributed by atoms with E-state index in [0.29, 0.717) is 16.9 Å². The van der Waals surface area contributed by atoms with Crippen molar-refractivity contribution in [2.24, 2.45) is 0 Å². The van der Waals surface area contributed by atoms with Crippen molar-refractivity contribution in [2.75, 3.05) is 5.32 Å². The van der Waals surface area contributed by atoms with Crippen LogP contribution in [-0.4, -0.2) is 22.0 Å². The summed E-state index contributed by atoms with van der Waals surface area (Å²) in [4.78, 5) is 26.2. The largest absolute Gasteiger partial charge is 0.481 e. The van der Waals surface area contributed by atoms with Gasteiger partial charge in [-0.05, 0) is 24.6 Å². The van der Waals surface area contributed by atoms with E-state index in [0.717, 1.165) is 0 Å². The van der Waals surface area contributed by atoms with Crippen LogP contribution >= 0.6 is 0 Å². The third-order valence-electron chi connectivity index (χ3n) is 2.52. The number of aromatic nitrogens is 1. The fraction of sp³-hybridized carbons (Fsp3) is 0.154. The second-order valence-corrected chi connectivity index (χ2v) is 3.99. The van der Waals surface area contributed by atoms with Crippen molar-refractivity contribution >= 4 is 17.6 Å². The number of carbonyl (C=O) groups excluding carboxylic acids is 1. The summed E-state index contributed by atoms with van der Waals surface area (Å²) in [5.74, 6) is -1.12. The molecule has 0 bridgehead atoms. The second-order valence-electron chi connectivity index (χ2n) is 3.99. The van der Waals surface area contributed by atoms with Gasteiger partial charge in [0.15, 0.2) is 6.39 Å². The van der Waals surface area contributed by atoms with E-state index >= 15 is 0 Å². The number of aliphatic carboxylic acids is 1. The fourth-order valence-corrected chi connectivity index (χ4v) is 1.59. The average molecular weight is 260 g/mol. The monoisotopic (exact) mass is 260 g/mol. The maximum absolute atomic E-state index is 11.8. The number of rotatable bonds is 4. The van der Waals surface area contributed by atoms with Crippen LogP contribution < -0.4 is 5.32 Å². The van der Waals surface area contributed by atoms with E-state index in [1.165, 1.54) is 6.39 Å². The first-order valence-corrected chi connectivity index (χ1v) is 5.58. The first kappa shape index (κ1) is 12.8. The highest BCUT2D eigenvalue weighted by atomic mass is 16.4. The third-order valence-corrected chi connectivity index (χ3v) is 2.52. The van der Waals surface area contributed by atoms with Crippen LogP contribution in [0.5, 0.6) is 0 Å². The molecule has 2 aromatic rings. The maximum atomic E-state index is 11.8. The summed E-state index contributed by atoms with van der Waals surface area (Å²) in [6.45, 7) is 1.67. The van der Waals surface area contributed by atoms with Crippen LogP contribution in [0.3, 0.4) is 0 Å². The Hall–Kier alpha value is -2.63. The number of carbonyl (C=O) groups is 2. The van der Waals surface area contributed by atoms with E-state index < -0.39 is 5.97 Å². The number of nitrogens with one attached hydrogen (secondary N) is 1. The maximum Gasteiger partial charge on any atom is 0.307 e. The number of oxazole rings is 1. The van der Waals surface area contributed by atoms with Crippen LogP contribution in [0.2, 0.25) is 0 Å². The zero-order valence-corrected chi connectivity index (χ0v) is 10.2. The number of benzene rings is 1. The number of anilines is 1. The number of amides is 1. The Bertz CT molecular complexity index is 601. The van der Waals surface area contributed by atoms with E-state index in [4.69, 9.17) is 9.52 Å². The van der Waals surface area contributed by atoms with Gasteiger partial charge in [-0.1, -0.05) is 12.1 Å². The molecular weight excluding hydrogens is 248 g/mol. The summed E-state index contributed by atoms with van der Waals surface area (Å²) in [5.41, 5.74) is 1.75. The lowest BCUT2D eigenvalue weighted by atomic mass is 10.1. The molecule has 6 nitrogen and oxygen atoms in total. The Morgan fingerprint density at radius 2 is 2.00 bits per heavy atom. The third kappa shape index (κ3) is 3.19. The summed E-state index contributed by atoms with van der Waals surface area (Å²) in [7, 11) is 0. The molecule has 0 aliphatic heterocycles. The highest BCUT2D eigenvalue weighted by Gasteiger charge is 2.13. The van der Waals surface area contributed by atoms with Gasteiger partial charge in [0, 0.05) is 5.69 Å². The zero-order valence-electron chi connectivity index (χ0n) is 10.2. The fourth-order valence-electron chi connectivity index (χ4n) is 1.59. The molecule has 1 amide bonds. The van der Waals surface area contributed by atoms with Gasteiger partial charge in [0.05, 0.1) is 12.1 Å². The molecule has 1 heterocycles.